The van der Waals surface area contributed by atoms with Crippen LogP contribution in [0.3, 0.4) is 0 Å². The summed E-state index contributed by atoms with van der Waals surface area (Å²) >= 11 is 0. The Hall–Kier alpha value is -2.66. The number of fused-ring (bicyclic) bond motifs is 1. The monoisotopic (exact) mass is 366 g/mol. The van der Waals surface area contributed by atoms with Crippen LogP contribution in [0.15, 0.2) is 42.5 Å². The third-order valence-electron chi connectivity index (χ3n) is 4.79. The minimum atomic E-state index is -0.149. The van der Waals surface area contributed by atoms with Crippen LogP contribution in [0.5, 0.6) is 0 Å². The molecule has 2 aromatic rings. The lowest BCUT2D eigenvalue weighted by Crippen LogP contribution is -2.37. The molecule has 2 aromatic carbocycles. The Morgan fingerprint density at radius 1 is 1.15 bits per heavy atom. The molecule has 0 spiro atoms. The second kappa shape index (κ2) is 8.82. The zero-order valence-electron chi connectivity index (χ0n) is 16.0. The van der Waals surface area contributed by atoms with E-state index in [1.807, 2.05) is 42.5 Å². The van der Waals surface area contributed by atoms with Crippen molar-refractivity contribution in [3.63, 3.8) is 0 Å². The molecule has 0 fully saturated rings. The molecule has 5 heteroatoms. The minimum absolute atomic E-state index is 0.0557. The molecule has 0 bridgehead atoms. The molecule has 1 aliphatic heterocycles. The van der Waals surface area contributed by atoms with E-state index in [9.17, 15) is 9.59 Å². The zero-order chi connectivity index (χ0) is 19.2. The van der Waals surface area contributed by atoms with Gasteiger partial charge >= 0.3 is 0 Å². The van der Waals surface area contributed by atoms with Gasteiger partial charge in [0.05, 0.1) is 0 Å². The van der Waals surface area contributed by atoms with Gasteiger partial charge in [-0.25, -0.2) is 0 Å². The van der Waals surface area contributed by atoms with Crippen LogP contribution in [0.1, 0.15) is 41.3 Å². The summed E-state index contributed by atoms with van der Waals surface area (Å²) in [5.41, 5.74) is 4.52. The van der Waals surface area contributed by atoms with Crippen molar-refractivity contribution in [2.75, 3.05) is 30.5 Å². The molecule has 1 N–H and O–H groups in total. The van der Waals surface area contributed by atoms with E-state index in [0.717, 1.165) is 36.9 Å². The molecule has 142 valence electrons. The number of nitrogens with zero attached hydrogens (tertiary/aromatic N) is 1. The number of amides is 2. The largest absolute Gasteiger partial charge is 0.375 e. The number of nitrogens with one attached hydrogen (secondary N) is 1. The van der Waals surface area contributed by atoms with Gasteiger partial charge in [0.25, 0.3) is 11.8 Å². The predicted molar refractivity (Wildman–Crippen MR) is 107 cm³/mol. The molecular weight excluding hydrogens is 340 g/mol. The molecule has 0 radical (unpaired) electrons. The summed E-state index contributed by atoms with van der Waals surface area (Å²) in [6, 6.07) is 13.5. The number of hydrogen-bond donors (Lipinski definition) is 1. The molecule has 0 atom stereocenters. The van der Waals surface area contributed by atoms with E-state index in [2.05, 4.69) is 12.2 Å². The van der Waals surface area contributed by atoms with Gasteiger partial charge in [-0.15, -0.1) is 0 Å². The van der Waals surface area contributed by atoms with Crippen LogP contribution >= 0.6 is 0 Å². The molecule has 1 heterocycles. The molecule has 0 aliphatic carbocycles. The van der Waals surface area contributed by atoms with E-state index in [1.54, 1.807) is 4.90 Å². The van der Waals surface area contributed by atoms with Crippen molar-refractivity contribution in [2.45, 2.75) is 32.6 Å². The van der Waals surface area contributed by atoms with Gasteiger partial charge in [-0.3, -0.25) is 9.59 Å². The van der Waals surface area contributed by atoms with E-state index in [0.29, 0.717) is 17.8 Å². The molecule has 0 saturated carbocycles. The summed E-state index contributed by atoms with van der Waals surface area (Å²) < 4.78 is 4.99. The smallest absolute Gasteiger partial charge is 0.255 e. The van der Waals surface area contributed by atoms with Crippen molar-refractivity contribution in [2.24, 2.45) is 0 Å². The Labute approximate surface area is 160 Å². The Kier molecular flexibility index (Phi) is 6.24. The fourth-order valence-electron chi connectivity index (χ4n) is 3.43. The summed E-state index contributed by atoms with van der Waals surface area (Å²) in [4.78, 5) is 26.6. The van der Waals surface area contributed by atoms with Gasteiger partial charge < -0.3 is 15.0 Å². The SMILES string of the molecule is CCCc1ccc(C(=O)Nc2ccc3c(c2)N(C(=O)COC)CCC3)cc1. The number of anilines is 2. The molecular formula is C22H26N2O3. The van der Waals surface area contributed by atoms with Crippen molar-refractivity contribution < 1.29 is 14.3 Å². The number of rotatable bonds is 6. The fourth-order valence-corrected chi connectivity index (χ4v) is 3.43. The maximum Gasteiger partial charge on any atom is 0.255 e. The van der Waals surface area contributed by atoms with Crippen LogP contribution < -0.4 is 10.2 Å². The first-order valence-corrected chi connectivity index (χ1v) is 9.45. The Balaban J connectivity index is 1.76. The summed E-state index contributed by atoms with van der Waals surface area (Å²) in [5.74, 6) is -0.211. The van der Waals surface area contributed by atoms with Gasteiger partial charge in [-0.05, 0) is 54.7 Å². The van der Waals surface area contributed by atoms with Crippen molar-refractivity contribution in [3.05, 3.63) is 59.2 Å². The Morgan fingerprint density at radius 2 is 1.93 bits per heavy atom. The van der Waals surface area contributed by atoms with Crippen LogP contribution in [0, 0.1) is 0 Å². The average Bonchev–Trinajstić information content (AvgIpc) is 2.68. The minimum Gasteiger partial charge on any atom is -0.375 e. The third kappa shape index (κ3) is 4.55. The van der Waals surface area contributed by atoms with E-state index in [4.69, 9.17) is 4.74 Å². The van der Waals surface area contributed by atoms with Gasteiger partial charge in [0.15, 0.2) is 0 Å². The lowest BCUT2D eigenvalue weighted by molar-refractivity contribution is -0.122. The molecule has 3 rings (SSSR count). The Morgan fingerprint density at radius 3 is 2.63 bits per heavy atom. The molecule has 0 saturated heterocycles. The van der Waals surface area contributed by atoms with Crippen molar-refractivity contribution in [3.8, 4) is 0 Å². The first-order chi connectivity index (χ1) is 13.1. The highest BCUT2D eigenvalue weighted by molar-refractivity contribution is 6.05. The van der Waals surface area contributed by atoms with Crippen LogP contribution in [0.4, 0.5) is 11.4 Å². The molecule has 27 heavy (non-hydrogen) atoms. The van der Waals surface area contributed by atoms with Gasteiger partial charge in [-0.2, -0.15) is 0 Å². The van der Waals surface area contributed by atoms with Gasteiger partial charge in [-0.1, -0.05) is 31.5 Å². The molecule has 5 nitrogen and oxygen atoms in total. The second-order valence-corrected chi connectivity index (χ2v) is 6.83. The number of aryl methyl sites for hydroxylation is 2. The van der Waals surface area contributed by atoms with Crippen LogP contribution in [-0.2, 0) is 22.4 Å². The third-order valence-corrected chi connectivity index (χ3v) is 4.79. The van der Waals surface area contributed by atoms with E-state index >= 15 is 0 Å². The van der Waals surface area contributed by atoms with Gasteiger partial charge in [0.2, 0.25) is 0 Å². The Bertz CT molecular complexity index is 815. The van der Waals surface area contributed by atoms with Crippen molar-refractivity contribution >= 4 is 23.2 Å². The first-order valence-electron chi connectivity index (χ1n) is 9.45. The van der Waals surface area contributed by atoms with E-state index in [-0.39, 0.29) is 18.4 Å². The summed E-state index contributed by atoms with van der Waals surface area (Å²) in [6.07, 6.45) is 3.95. The van der Waals surface area contributed by atoms with E-state index < -0.39 is 0 Å². The summed E-state index contributed by atoms with van der Waals surface area (Å²) in [7, 11) is 1.52. The molecule has 0 aromatic heterocycles. The van der Waals surface area contributed by atoms with Crippen molar-refractivity contribution in [1.29, 1.82) is 0 Å². The summed E-state index contributed by atoms with van der Waals surface area (Å²) in [5, 5.41) is 2.94. The number of carbonyl (C=O) groups excluding carboxylic acids is 2. The first kappa shape index (κ1) is 19.1. The highest BCUT2D eigenvalue weighted by atomic mass is 16.5. The normalized spacial score (nSPS) is 13.2. The van der Waals surface area contributed by atoms with Crippen LogP contribution in [0.25, 0.3) is 0 Å². The predicted octanol–water partition coefficient (Wildman–Crippen LogP) is 3.82. The number of benzene rings is 2. The van der Waals surface area contributed by atoms with Crippen LogP contribution in [-0.4, -0.2) is 32.1 Å². The number of carbonyl (C=O) groups is 2. The molecule has 0 unspecified atom stereocenters. The highest BCUT2D eigenvalue weighted by Gasteiger charge is 2.23. The quantitative estimate of drug-likeness (QED) is 0.846. The second-order valence-electron chi connectivity index (χ2n) is 6.83. The number of ether oxygens (including phenoxy) is 1. The topological polar surface area (TPSA) is 58.6 Å². The number of methoxy groups -OCH3 is 1. The lowest BCUT2D eigenvalue weighted by Gasteiger charge is -2.29. The standard InChI is InChI=1S/C22H26N2O3/c1-3-5-16-7-9-18(10-8-16)22(26)23-19-12-11-17-6-4-13-24(20(17)14-19)21(25)15-27-2/h7-12,14H,3-6,13,15H2,1-2H3,(H,23,26). The lowest BCUT2D eigenvalue weighted by atomic mass is 10.0. The average molecular weight is 366 g/mol. The maximum atomic E-state index is 12.6. The highest BCUT2D eigenvalue weighted by Crippen LogP contribution is 2.30. The zero-order valence-corrected chi connectivity index (χ0v) is 16.0. The molecule has 1 aliphatic rings. The van der Waals surface area contributed by atoms with Crippen molar-refractivity contribution in [1.82, 2.24) is 0 Å². The van der Waals surface area contributed by atoms with Crippen LogP contribution in [0.2, 0.25) is 0 Å². The molecule has 2 amide bonds. The van der Waals surface area contributed by atoms with Gasteiger partial charge in [0.1, 0.15) is 6.61 Å². The fraction of sp³-hybridized carbons (Fsp3) is 0.364. The van der Waals surface area contributed by atoms with E-state index in [1.165, 1.54) is 12.7 Å². The summed E-state index contributed by atoms with van der Waals surface area (Å²) in [6.45, 7) is 2.86. The number of hydrogen-bond acceptors (Lipinski definition) is 3. The maximum absolute atomic E-state index is 12.6. The van der Waals surface area contributed by atoms with Gasteiger partial charge in [0, 0.05) is 30.6 Å².